The molecule has 0 saturated heterocycles. The summed E-state index contributed by atoms with van der Waals surface area (Å²) in [4.78, 5) is 15.8. The van der Waals surface area contributed by atoms with Crippen molar-refractivity contribution >= 4 is 17.8 Å². The number of methoxy groups -OCH3 is 2. The van der Waals surface area contributed by atoms with E-state index in [1.165, 1.54) is 6.08 Å². The molecule has 5 nitrogen and oxygen atoms in total. The maximum Gasteiger partial charge on any atom is 0.249 e. The summed E-state index contributed by atoms with van der Waals surface area (Å²) in [6.07, 6.45) is 4.75. The largest absolute Gasteiger partial charge is 0.493 e. The molecule has 1 aromatic carbocycles. The van der Waals surface area contributed by atoms with E-state index in [9.17, 15) is 4.79 Å². The maximum absolute atomic E-state index is 11.8. The van der Waals surface area contributed by atoms with Crippen LogP contribution in [0.3, 0.4) is 0 Å². The molecule has 108 valence electrons. The van der Waals surface area contributed by atoms with Gasteiger partial charge < -0.3 is 14.8 Å². The summed E-state index contributed by atoms with van der Waals surface area (Å²) in [5.74, 6) is 1.53. The lowest BCUT2D eigenvalue weighted by Gasteiger charge is -2.07. The zero-order valence-corrected chi connectivity index (χ0v) is 11.9. The van der Waals surface area contributed by atoms with Gasteiger partial charge in [0, 0.05) is 12.3 Å². The van der Waals surface area contributed by atoms with Gasteiger partial charge in [-0.15, -0.1) is 0 Å². The molecule has 0 spiro atoms. The number of pyridine rings is 1. The number of ether oxygens (including phenoxy) is 2. The molecule has 0 fully saturated rings. The normalized spacial score (nSPS) is 10.4. The van der Waals surface area contributed by atoms with E-state index in [0.717, 1.165) is 5.56 Å². The first-order chi connectivity index (χ1) is 10.2. The molecule has 0 saturated carbocycles. The van der Waals surface area contributed by atoms with Gasteiger partial charge in [-0.2, -0.15) is 0 Å². The average molecular weight is 284 g/mol. The molecule has 0 bridgehead atoms. The number of carbonyl (C=O) groups is 1. The molecule has 1 heterocycles. The zero-order chi connectivity index (χ0) is 15.1. The smallest absolute Gasteiger partial charge is 0.249 e. The van der Waals surface area contributed by atoms with Crippen molar-refractivity contribution in [1.29, 1.82) is 0 Å². The van der Waals surface area contributed by atoms with Crippen molar-refractivity contribution in [2.45, 2.75) is 0 Å². The summed E-state index contributed by atoms with van der Waals surface area (Å²) >= 11 is 0. The highest BCUT2D eigenvalue weighted by Crippen LogP contribution is 2.27. The summed E-state index contributed by atoms with van der Waals surface area (Å²) in [5, 5.41) is 2.67. The van der Waals surface area contributed by atoms with Gasteiger partial charge in [0.15, 0.2) is 11.5 Å². The Kier molecular flexibility index (Phi) is 4.93. The number of anilines is 1. The van der Waals surface area contributed by atoms with Crippen LogP contribution >= 0.6 is 0 Å². The van der Waals surface area contributed by atoms with Crippen LogP contribution in [0.25, 0.3) is 6.08 Å². The number of carbonyl (C=O) groups excluding carboxylic acids is 1. The standard InChI is InChI=1S/C16H16N2O3/c1-20-13-8-6-12(11-14(13)21-2)7-9-16(19)18-15-5-3-4-10-17-15/h3-11H,1-2H3,(H,17,18,19)/b9-7+. The van der Waals surface area contributed by atoms with Gasteiger partial charge in [-0.3, -0.25) is 4.79 Å². The van der Waals surface area contributed by atoms with Gasteiger partial charge in [0.2, 0.25) is 5.91 Å². The summed E-state index contributed by atoms with van der Waals surface area (Å²) in [7, 11) is 3.15. The maximum atomic E-state index is 11.8. The molecule has 5 heteroatoms. The van der Waals surface area contributed by atoms with Crippen molar-refractivity contribution in [2.75, 3.05) is 19.5 Å². The third kappa shape index (κ3) is 4.07. The topological polar surface area (TPSA) is 60.5 Å². The van der Waals surface area contributed by atoms with Crippen molar-refractivity contribution in [3.8, 4) is 11.5 Å². The second-order valence-electron chi connectivity index (χ2n) is 4.15. The van der Waals surface area contributed by atoms with Crippen molar-refractivity contribution in [3.63, 3.8) is 0 Å². The van der Waals surface area contributed by atoms with Crippen LogP contribution in [0.15, 0.2) is 48.7 Å². The Morgan fingerprint density at radius 3 is 2.62 bits per heavy atom. The first kappa shape index (κ1) is 14.6. The fraction of sp³-hybridized carbons (Fsp3) is 0.125. The predicted molar refractivity (Wildman–Crippen MR) is 81.4 cm³/mol. The van der Waals surface area contributed by atoms with Crippen LogP contribution in [0.2, 0.25) is 0 Å². The minimum Gasteiger partial charge on any atom is -0.493 e. The highest BCUT2D eigenvalue weighted by Gasteiger charge is 2.03. The first-order valence-corrected chi connectivity index (χ1v) is 6.35. The van der Waals surface area contributed by atoms with Gasteiger partial charge in [0.25, 0.3) is 0 Å². The van der Waals surface area contributed by atoms with E-state index in [1.807, 2.05) is 6.07 Å². The minimum atomic E-state index is -0.247. The lowest BCUT2D eigenvalue weighted by Crippen LogP contribution is -2.08. The molecule has 0 atom stereocenters. The molecule has 0 radical (unpaired) electrons. The number of amides is 1. The van der Waals surface area contributed by atoms with Crippen molar-refractivity contribution in [2.24, 2.45) is 0 Å². The van der Waals surface area contributed by atoms with Crippen LogP contribution in [-0.2, 0) is 4.79 Å². The Labute approximate surface area is 123 Å². The Bertz CT molecular complexity index is 639. The number of rotatable bonds is 5. The van der Waals surface area contributed by atoms with E-state index in [0.29, 0.717) is 17.3 Å². The number of benzene rings is 1. The Balaban J connectivity index is 2.05. The van der Waals surface area contributed by atoms with E-state index in [-0.39, 0.29) is 5.91 Å². The minimum absolute atomic E-state index is 0.247. The molecule has 1 amide bonds. The first-order valence-electron chi connectivity index (χ1n) is 6.35. The summed E-state index contributed by atoms with van der Waals surface area (Å²) in [6, 6.07) is 10.7. The van der Waals surface area contributed by atoms with Crippen LogP contribution in [0, 0.1) is 0 Å². The predicted octanol–water partition coefficient (Wildman–Crippen LogP) is 2.75. The average Bonchev–Trinajstić information content (AvgIpc) is 2.53. The number of nitrogens with one attached hydrogen (secondary N) is 1. The van der Waals surface area contributed by atoms with Gasteiger partial charge in [-0.25, -0.2) is 4.98 Å². The number of hydrogen-bond acceptors (Lipinski definition) is 4. The molecular formula is C16H16N2O3. The van der Waals surface area contributed by atoms with E-state index in [1.54, 1.807) is 56.8 Å². The van der Waals surface area contributed by atoms with Gasteiger partial charge in [-0.05, 0) is 35.9 Å². The van der Waals surface area contributed by atoms with Crippen molar-refractivity contribution in [3.05, 3.63) is 54.2 Å². The third-order valence-corrected chi connectivity index (χ3v) is 2.75. The number of nitrogens with zero attached hydrogens (tertiary/aromatic N) is 1. The Morgan fingerprint density at radius 1 is 1.14 bits per heavy atom. The summed E-state index contributed by atoms with van der Waals surface area (Å²) in [5.41, 5.74) is 0.837. The van der Waals surface area contributed by atoms with Gasteiger partial charge in [0.05, 0.1) is 14.2 Å². The molecule has 21 heavy (non-hydrogen) atoms. The highest BCUT2D eigenvalue weighted by molar-refractivity contribution is 6.01. The van der Waals surface area contributed by atoms with Gasteiger partial charge in [0.1, 0.15) is 5.82 Å². The van der Waals surface area contributed by atoms with Crippen LogP contribution in [0.1, 0.15) is 5.56 Å². The highest BCUT2D eigenvalue weighted by atomic mass is 16.5. The molecule has 0 unspecified atom stereocenters. The van der Waals surface area contributed by atoms with E-state index < -0.39 is 0 Å². The van der Waals surface area contributed by atoms with E-state index >= 15 is 0 Å². The zero-order valence-electron chi connectivity index (χ0n) is 11.9. The number of aromatic nitrogens is 1. The second-order valence-corrected chi connectivity index (χ2v) is 4.15. The van der Waals surface area contributed by atoms with Gasteiger partial charge >= 0.3 is 0 Å². The van der Waals surface area contributed by atoms with Crippen LogP contribution in [0.5, 0.6) is 11.5 Å². The molecule has 2 aromatic rings. The van der Waals surface area contributed by atoms with Crippen molar-refractivity contribution < 1.29 is 14.3 Å². The Hall–Kier alpha value is -2.82. The fourth-order valence-electron chi connectivity index (χ4n) is 1.73. The third-order valence-electron chi connectivity index (χ3n) is 2.75. The van der Waals surface area contributed by atoms with E-state index in [4.69, 9.17) is 9.47 Å². The van der Waals surface area contributed by atoms with Crippen LogP contribution in [-0.4, -0.2) is 25.1 Å². The monoisotopic (exact) mass is 284 g/mol. The number of hydrogen-bond donors (Lipinski definition) is 1. The molecule has 1 N–H and O–H groups in total. The summed E-state index contributed by atoms with van der Waals surface area (Å²) < 4.78 is 10.4. The lowest BCUT2D eigenvalue weighted by atomic mass is 10.2. The summed E-state index contributed by atoms with van der Waals surface area (Å²) in [6.45, 7) is 0. The van der Waals surface area contributed by atoms with Crippen LogP contribution in [0.4, 0.5) is 5.82 Å². The quantitative estimate of drug-likeness (QED) is 0.858. The Morgan fingerprint density at radius 2 is 1.95 bits per heavy atom. The van der Waals surface area contributed by atoms with Gasteiger partial charge in [-0.1, -0.05) is 12.1 Å². The SMILES string of the molecule is COc1ccc(/C=C/C(=O)Nc2ccccn2)cc1OC. The molecule has 2 rings (SSSR count). The van der Waals surface area contributed by atoms with Crippen molar-refractivity contribution in [1.82, 2.24) is 4.98 Å². The molecule has 0 aliphatic heterocycles. The fourth-order valence-corrected chi connectivity index (χ4v) is 1.73. The molecular weight excluding hydrogens is 268 g/mol. The van der Waals surface area contributed by atoms with E-state index in [2.05, 4.69) is 10.3 Å². The molecule has 1 aromatic heterocycles. The lowest BCUT2D eigenvalue weighted by molar-refractivity contribution is -0.111. The van der Waals surface area contributed by atoms with Crippen LogP contribution < -0.4 is 14.8 Å². The molecule has 0 aliphatic carbocycles. The second kappa shape index (κ2) is 7.09. The molecule has 0 aliphatic rings.